The molecule has 0 unspecified atom stereocenters. The fraction of sp³-hybridized carbons (Fsp3) is 0.333. The number of rotatable bonds is 6. The number of nitrogens with two attached hydrogens (primary N) is 1. The van der Waals surface area contributed by atoms with Gasteiger partial charge in [0, 0.05) is 48.7 Å². The number of nitrogens with one attached hydrogen (secondary N) is 1. The molecule has 4 N–H and O–H groups in total. The van der Waals surface area contributed by atoms with Crippen LogP contribution in [0.5, 0.6) is 0 Å². The minimum atomic E-state index is -4.60. The smallest absolute Gasteiger partial charge is 0.395 e. The molecular weight excluding hydrogens is 568 g/mol. The standard InChI is InChI=1S/C27H25F6N7O2/c28-26(29,30)18-7-8-35-20(13-18)37-25(42)16-3-1-15(2-4-16)21-22-23(34)36-9-10-40(22)24(38-21)17-5-6-19(27(31,32)33)39(14-17)11-12-41/h1-4,7-10,13,17,19,41H,5-6,11-12,14H2,(H2,34,36)(H,35,37,42)/t17-,19+/m0/s1. The number of carbonyl (C=O) groups excluding carboxylic acids is 1. The van der Waals surface area contributed by atoms with Crippen molar-refractivity contribution in [2.75, 3.05) is 30.7 Å². The highest BCUT2D eigenvalue weighted by Gasteiger charge is 2.46. The number of benzene rings is 1. The molecule has 1 fully saturated rings. The van der Waals surface area contributed by atoms with Gasteiger partial charge in [-0.15, -0.1) is 0 Å². The highest BCUT2D eigenvalue weighted by molar-refractivity contribution is 6.04. The number of fused-ring (bicyclic) bond motifs is 1. The van der Waals surface area contributed by atoms with Crippen LogP contribution in [-0.4, -0.2) is 67.2 Å². The van der Waals surface area contributed by atoms with E-state index in [-0.39, 0.29) is 43.1 Å². The summed E-state index contributed by atoms with van der Waals surface area (Å²) in [5.41, 5.74) is 6.73. The Morgan fingerprint density at radius 1 is 1.05 bits per heavy atom. The van der Waals surface area contributed by atoms with Gasteiger partial charge >= 0.3 is 12.4 Å². The van der Waals surface area contributed by atoms with Gasteiger partial charge in [0.15, 0.2) is 0 Å². The fourth-order valence-corrected chi connectivity index (χ4v) is 5.22. The number of alkyl halides is 6. The number of imidazole rings is 1. The summed E-state index contributed by atoms with van der Waals surface area (Å²) in [4.78, 5) is 26.6. The van der Waals surface area contributed by atoms with Crippen molar-refractivity contribution in [3.05, 3.63) is 71.9 Å². The van der Waals surface area contributed by atoms with Crippen molar-refractivity contribution in [1.29, 1.82) is 0 Å². The second-order valence-electron chi connectivity index (χ2n) is 9.86. The summed E-state index contributed by atoms with van der Waals surface area (Å²) in [6, 6.07) is 5.91. The molecule has 222 valence electrons. The number of aliphatic hydroxyl groups excluding tert-OH is 1. The SMILES string of the molecule is Nc1nccn2c([C@H]3CC[C@H](C(F)(F)F)N(CCO)C3)nc(-c3ccc(C(=O)Nc4cc(C(F)(F)F)ccn4)cc3)c12. The maximum atomic E-state index is 13.6. The maximum Gasteiger partial charge on any atom is 0.416 e. The Kier molecular flexibility index (Phi) is 7.81. The third-order valence-corrected chi connectivity index (χ3v) is 7.17. The summed E-state index contributed by atoms with van der Waals surface area (Å²) in [5.74, 6) is -0.730. The molecule has 0 spiro atoms. The van der Waals surface area contributed by atoms with Gasteiger partial charge in [0.1, 0.15) is 34.7 Å². The van der Waals surface area contributed by atoms with Gasteiger partial charge in [0.05, 0.1) is 12.2 Å². The quantitative estimate of drug-likeness (QED) is 0.276. The molecule has 1 amide bonds. The molecule has 9 nitrogen and oxygen atoms in total. The van der Waals surface area contributed by atoms with E-state index >= 15 is 0 Å². The molecule has 1 saturated heterocycles. The normalized spacial score (nSPS) is 18.4. The van der Waals surface area contributed by atoms with E-state index in [1.807, 2.05) is 0 Å². The number of piperidine rings is 1. The number of amides is 1. The number of aliphatic hydroxyl groups is 1. The van der Waals surface area contributed by atoms with Crippen LogP contribution in [0.1, 0.15) is 40.5 Å². The Labute approximate surface area is 235 Å². The van der Waals surface area contributed by atoms with Crippen molar-refractivity contribution >= 4 is 23.1 Å². The zero-order valence-corrected chi connectivity index (χ0v) is 21.8. The molecule has 0 radical (unpaired) electrons. The van der Waals surface area contributed by atoms with E-state index < -0.39 is 42.4 Å². The topological polar surface area (TPSA) is 122 Å². The number of hydrogen-bond acceptors (Lipinski definition) is 7. The molecule has 0 saturated carbocycles. The molecule has 42 heavy (non-hydrogen) atoms. The van der Waals surface area contributed by atoms with Gasteiger partial charge in [-0.1, -0.05) is 12.1 Å². The first kappa shape index (κ1) is 29.3. The molecule has 3 aromatic heterocycles. The van der Waals surface area contributed by atoms with Crippen molar-refractivity contribution in [3.8, 4) is 11.3 Å². The minimum absolute atomic E-state index is 0.0220. The van der Waals surface area contributed by atoms with Crippen molar-refractivity contribution < 1.29 is 36.2 Å². The number of likely N-dealkylation sites (tertiary alicyclic amines) is 1. The third-order valence-electron chi connectivity index (χ3n) is 7.17. The van der Waals surface area contributed by atoms with E-state index in [1.165, 1.54) is 23.2 Å². The highest BCUT2D eigenvalue weighted by atomic mass is 19.4. The van der Waals surface area contributed by atoms with E-state index in [2.05, 4.69) is 15.3 Å². The Balaban J connectivity index is 1.42. The van der Waals surface area contributed by atoms with E-state index in [4.69, 9.17) is 10.7 Å². The first-order valence-electron chi connectivity index (χ1n) is 12.9. The van der Waals surface area contributed by atoms with Gasteiger partial charge in [0.25, 0.3) is 5.91 Å². The van der Waals surface area contributed by atoms with Crippen LogP contribution in [0, 0.1) is 0 Å². The summed E-state index contributed by atoms with van der Waals surface area (Å²) >= 11 is 0. The lowest BCUT2D eigenvalue weighted by molar-refractivity contribution is -0.193. The van der Waals surface area contributed by atoms with Crippen LogP contribution in [0.2, 0.25) is 0 Å². The van der Waals surface area contributed by atoms with Gasteiger partial charge in [0.2, 0.25) is 0 Å². The number of anilines is 2. The second kappa shape index (κ2) is 11.2. The van der Waals surface area contributed by atoms with Crippen LogP contribution < -0.4 is 11.1 Å². The van der Waals surface area contributed by atoms with Crippen LogP contribution in [0.15, 0.2) is 55.0 Å². The van der Waals surface area contributed by atoms with Gasteiger partial charge in [-0.05, 0) is 37.1 Å². The molecule has 0 aliphatic carbocycles. The molecule has 1 aromatic carbocycles. The number of nitrogens with zero attached hydrogens (tertiary/aromatic N) is 5. The Morgan fingerprint density at radius 3 is 2.45 bits per heavy atom. The minimum Gasteiger partial charge on any atom is -0.395 e. The zero-order valence-electron chi connectivity index (χ0n) is 21.8. The van der Waals surface area contributed by atoms with Gasteiger partial charge < -0.3 is 16.2 Å². The van der Waals surface area contributed by atoms with E-state index in [9.17, 15) is 36.2 Å². The lowest BCUT2D eigenvalue weighted by Crippen LogP contribution is -2.51. The number of hydrogen-bond donors (Lipinski definition) is 3. The number of nitrogen functional groups attached to an aromatic ring is 1. The van der Waals surface area contributed by atoms with Crippen molar-refractivity contribution in [1.82, 2.24) is 24.3 Å². The predicted octanol–water partition coefficient (Wildman–Crippen LogP) is 4.75. The van der Waals surface area contributed by atoms with E-state index in [0.29, 0.717) is 22.6 Å². The number of carbonyl (C=O) groups is 1. The van der Waals surface area contributed by atoms with Crippen LogP contribution in [0.4, 0.5) is 38.0 Å². The second-order valence-corrected chi connectivity index (χ2v) is 9.86. The van der Waals surface area contributed by atoms with Crippen molar-refractivity contribution in [2.24, 2.45) is 0 Å². The van der Waals surface area contributed by atoms with Crippen LogP contribution >= 0.6 is 0 Å². The Hall–Kier alpha value is -4.24. The molecule has 4 heterocycles. The van der Waals surface area contributed by atoms with E-state index in [0.717, 1.165) is 18.3 Å². The molecule has 4 aromatic rings. The van der Waals surface area contributed by atoms with Crippen molar-refractivity contribution in [3.63, 3.8) is 0 Å². The lowest BCUT2D eigenvalue weighted by atomic mass is 9.91. The molecule has 1 aliphatic heterocycles. The van der Waals surface area contributed by atoms with Gasteiger partial charge in [-0.3, -0.25) is 14.1 Å². The number of β-amino-alcohol motifs (C(OH)–C–C–N with tert-alkyl or cyclic N) is 1. The Bertz CT molecular complexity index is 1590. The first-order chi connectivity index (χ1) is 19.9. The summed E-state index contributed by atoms with van der Waals surface area (Å²) in [6.45, 7) is -0.540. The van der Waals surface area contributed by atoms with Gasteiger partial charge in [-0.25, -0.2) is 15.0 Å². The summed E-state index contributed by atoms with van der Waals surface area (Å²) in [5, 5.41) is 11.7. The molecular formula is C27H25F6N7O2. The fourth-order valence-electron chi connectivity index (χ4n) is 5.22. The summed E-state index contributed by atoms with van der Waals surface area (Å²) in [7, 11) is 0. The zero-order chi connectivity index (χ0) is 30.2. The lowest BCUT2D eigenvalue weighted by Gasteiger charge is -2.39. The monoisotopic (exact) mass is 593 g/mol. The molecule has 5 rings (SSSR count). The number of pyridine rings is 1. The molecule has 1 aliphatic rings. The maximum absolute atomic E-state index is 13.6. The number of halogens is 6. The van der Waals surface area contributed by atoms with Crippen LogP contribution in [-0.2, 0) is 6.18 Å². The molecule has 15 heteroatoms. The van der Waals surface area contributed by atoms with Crippen molar-refractivity contribution in [2.45, 2.75) is 37.2 Å². The highest BCUT2D eigenvalue weighted by Crippen LogP contribution is 2.39. The average Bonchev–Trinajstić information content (AvgIpc) is 3.33. The average molecular weight is 594 g/mol. The first-order valence-corrected chi connectivity index (χ1v) is 12.9. The number of aromatic nitrogens is 4. The van der Waals surface area contributed by atoms with Crippen LogP contribution in [0.25, 0.3) is 16.8 Å². The third kappa shape index (κ3) is 5.87. The largest absolute Gasteiger partial charge is 0.416 e. The predicted molar refractivity (Wildman–Crippen MR) is 141 cm³/mol. The van der Waals surface area contributed by atoms with Gasteiger partial charge in [-0.2, -0.15) is 26.3 Å². The molecule has 0 bridgehead atoms. The van der Waals surface area contributed by atoms with E-state index in [1.54, 1.807) is 22.7 Å². The summed E-state index contributed by atoms with van der Waals surface area (Å²) in [6.07, 6.45) is -4.96. The molecule has 2 atom stereocenters. The summed E-state index contributed by atoms with van der Waals surface area (Å²) < 4.78 is 81.5. The Morgan fingerprint density at radius 2 is 1.79 bits per heavy atom. The van der Waals surface area contributed by atoms with Crippen LogP contribution in [0.3, 0.4) is 0 Å².